The zero-order chi connectivity index (χ0) is 14.7. The molecule has 0 saturated heterocycles. The first-order valence-electron chi connectivity index (χ1n) is 6.39. The van der Waals surface area contributed by atoms with Crippen LogP contribution in [0.4, 0.5) is 5.69 Å². The van der Waals surface area contributed by atoms with Gasteiger partial charge < -0.3 is 5.73 Å². The van der Waals surface area contributed by atoms with E-state index in [2.05, 4.69) is 33.4 Å². The Bertz CT molecular complexity index is 738. The summed E-state index contributed by atoms with van der Waals surface area (Å²) in [6, 6.07) is 16.2. The fraction of sp³-hybridized carbons (Fsp3) is 0.0625. The van der Waals surface area contributed by atoms with Crippen molar-refractivity contribution in [1.29, 1.82) is 0 Å². The number of thioether (sulfide) groups is 1. The molecule has 0 atom stereocenters. The number of hydrogen-bond acceptors (Lipinski definition) is 4. The van der Waals surface area contributed by atoms with Gasteiger partial charge in [-0.1, -0.05) is 34.1 Å². The number of benzene rings is 2. The molecule has 2 nitrogen and oxygen atoms in total. The van der Waals surface area contributed by atoms with Crippen molar-refractivity contribution in [2.45, 2.75) is 10.6 Å². The lowest BCUT2D eigenvalue weighted by Crippen LogP contribution is -1.85. The van der Waals surface area contributed by atoms with Gasteiger partial charge >= 0.3 is 0 Å². The average molecular weight is 377 g/mol. The van der Waals surface area contributed by atoms with Gasteiger partial charge in [-0.3, -0.25) is 0 Å². The Kier molecular flexibility index (Phi) is 4.63. The van der Waals surface area contributed by atoms with Crippen molar-refractivity contribution >= 4 is 44.7 Å². The zero-order valence-corrected chi connectivity index (χ0v) is 14.3. The van der Waals surface area contributed by atoms with Crippen molar-refractivity contribution in [3.63, 3.8) is 0 Å². The number of halogens is 1. The fourth-order valence-corrected chi connectivity index (χ4v) is 4.19. The van der Waals surface area contributed by atoms with Crippen molar-refractivity contribution in [3.8, 4) is 11.3 Å². The molecule has 0 saturated carbocycles. The number of nitrogens with zero attached hydrogens (tertiary/aromatic N) is 1. The Morgan fingerprint density at radius 2 is 1.95 bits per heavy atom. The lowest BCUT2D eigenvalue weighted by Gasteiger charge is -2.00. The molecule has 0 fully saturated rings. The second-order valence-corrected chi connectivity index (χ2v) is 7.40. The quantitative estimate of drug-likeness (QED) is 0.486. The molecule has 2 N–H and O–H groups in total. The topological polar surface area (TPSA) is 38.9 Å². The van der Waals surface area contributed by atoms with Gasteiger partial charge in [-0.25, -0.2) is 4.98 Å². The molecule has 1 heterocycles. The van der Waals surface area contributed by atoms with Gasteiger partial charge in [0.2, 0.25) is 0 Å². The summed E-state index contributed by atoms with van der Waals surface area (Å²) in [7, 11) is 0. The van der Waals surface area contributed by atoms with Crippen LogP contribution in [0.1, 0.15) is 5.01 Å². The Balaban J connectivity index is 1.69. The van der Waals surface area contributed by atoms with Gasteiger partial charge in [0.1, 0.15) is 5.01 Å². The monoisotopic (exact) mass is 376 g/mol. The summed E-state index contributed by atoms with van der Waals surface area (Å²) in [5.74, 6) is 0.885. The molecule has 0 radical (unpaired) electrons. The van der Waals surface area contributed by atoms with Crippen LogP contribution in [0.5, 0.6) is 0 Å². The number of nitrogen functional groups attached to an aromatic ring is 1. The SMILES string of the molecule is Nc1ccc(-c2csc(CSc3cccc(Br)c3)n2)cc1. The number of rotatable bonds is 4. The summed E-state index contributed by atoms with van der Waals surface area (Å²) in [5, 5.41) is 3.23. The third kappa shape index (κ3) is 3.87. The average Bonchev–Trinajstić information content (AvgIpc) is 2.95. The van der Waals surface area contributed by atoms with Gasteiger partial charge in [0.25, 0.3) is 0 Å². The van der Waals surface area contributed by atoms with Gasteiger partial charge in [-0.2, -0.15) is 0 Å². The zero-order valence-electron chi connectivity index (χ0n) is 11.1. The van der Waals surface area contributed by atoms with E-state index in [4.69, 9.17) is 10.7 Å². The maximum absolute atomic E-state index is 5.71. The highest BCUT2D eigenvalue weighted by Gasteiger charge is 2.05. The third-order valence-corrected chi connectivity index (χ3v) is 5.45. The first-order chi connectivity index (χ1) is 10.2. The minimum Gasteiger partial charge on any atom is -0.399 e. The van der Waals surface area contributed by atoms with Gasteiger partial charge in [0.15, 0.2) is 0 Å². The van der Waals surface area contributed by atoms with Gasteiger partial charge in [-0.15, -0.1) is 23.1 Å². The maximum atomic E-state index is 5.71. The highest BCUT2D eigenvalue weighted by Crippen LogP contribution is 2.29. The molecule has 0 aliphatic heterocycles. The Morgan fingerprint density at radius 1 is 1.14 bits per heavy atom. The molecule has 5 heteroatoms. The van der Waals surface area contributed by atoms with E-state index in [0.717, 1.165) is 32.2 Å². The normalized spacial score (nSPS) is 10.7. The molecule has 1 aromatic heterocycles. The smallest absolute Gasteiger partial charge is 0.104 e. The van der Waals surface area contributed by atoms with Crippen molar-refractivity contribution in [3.05, 3.63) is 63.4 Å². The Labute approximate surface area is 140 Å². The first-order valence-corrected chi connectivity index (χ1v) is 9.05. The van der Waals surface area contributed by atoms with Crippen molar-refractivity contribution in [2.24, 2.45) is 0 Å². The van der Waals surface area contributed by atoms with E-state index in [1.165, 1.54) is 4.90 Å². The molecule has 0 unspecified atom stereocenters. The molecule has 0 aliphatic rings. The number of nitrogens with two attached hydrogens (primary N) is 1. The molecule has 106 valence electrons. The summed E-state index contributed by atoms with van der Waals surface area (Å²) >= 11 is 6.99. The van der Waals surface area contributed by atoms with E-state index in [9.17, 15) is 0 Å². The van der Waals surface area contributed by atoms with E-state index in [1.807, 2.05) is 36.4 Å². The van der Waals surface area contributed by atoms with Gasteiger partial charge in [0.05, 0.1) is 11.4 Å². The van der Waals surface area contributed by atoms with Crippen LogP contribution in [0.2, 0.25) is 0 Å². The van der Waals surface area contributed by atoms with Crippen molar-refractivity contribution in [2.75, 3.05) is 5.73 Å². The number of thiazole rings is 1. The number of anilines is 1. The van der Waals surface area contributed by atoms with Crippen LogP contribution in [0, 0.1) is 0 Å². The summed E-state index contributed by atoms with van der Waals surface area (Å²) in [6.45, 7) is 0. The summed E-state index contributed by atoms with van der Waals surface area (Å²) < 4.78 is 1.11. The molecule has 3 aromatic rings. The molecule has 0 amide bonds. The fourth-order valence-electron chi connectivity index (χ4n) is 1.87. The number of hydrogen-bond donors (Lipinski definition) is 1. The highest BCUT2D eigenvalue weighted by atomic mass is 79.9. The summed E-state index contributed by atoms with van der Waals surface area (Å²) in [6.07, 6.45) is 0. The molecule has 3 rings (SSSR count). The third-order valence-electron chi connectivity index (χ3n) is 2.92. The first kappa shape index (κ1) is 14.6. The predicted octanol–water partition coefficient (Wildman–Crippen LogP) is 5.45. The summed E-state index contributed by atoms with van der Waals surface area (Å²) in [5.41, 5.74) is 8.62. The van der Waals surface area contributed by atoms with Crippen LogP contribution >= 0.6 is 39.0 Å². The second-order valence-electron chi connectivity index (χ2n) is 4.49. The molecule has 21 heavy (non-hydrogen) atoms. The molecular weight excluding hydrogens is 364 g/mol. The van der Waals surface area contributed by atoms with Crippen molar-refractivity contribution < 1.29 is 0 Å². The lowest BCUT2D eigenvalue weighted by atomic mass is 10.1. The minimum absolute atomic E-state index is 0.777. The van der Waals surface area contributed by atoms with Crippen LogP contribution in [0.25, 0.3) is 11.3 Å². The standard InChI is InChI=1S/C16H13BrN2S2/c17-12-2-1-3-14(8-12)20-10-16-19-15(9-21-16)11-4-6-13(18)7-5-11/h1-9H,10,18H2. The molecule has 0 bridgehead atoms. The van der Waals surface area contributed by atoms with E-state index in [0.29, 0.717) is 0 Å². The van der Waals surface area contributed by atoms with Crippen LogP contribution in [-0.4, -0.2) is 4.98 Å². The maximum Gasteiger partial charge on any atom is 0.104 e. The molecule has 0 aliphatic carbocycles. The minimum atomic E-state index is 0.777. The van der Waals surface area contributed by atoms with E-state index in [1.54, 1.807) is 23.1 Å². The molecule has 2 aromatic carbocycles. The van der Waals surface area contributed by atoms with Gasteiger partial charge in [-0.05, 0) is 30.3 Å². The Morgan fingerprint density at radius 3 is 2.71 bits per heavy atom. The molecular formula is C16H13BrN2S2. The van der Waals surface area contributed by atoms with E-state index >= 15 is 0 Å². The van der Waals surface area contributed by atoms with Gasteiger partial charge in [0, 0.05) is 26.0 Å². The summed E-state index contributed by atoms with van der Waals surface area (Å²) in [4.78, 5) is 5.94. The van der Waals surface area contributed by atoms with Crippen LogP contribution in [-0.2, 0) is 5.75 Å². The lowest BCUT2D eigenvalue weighted by molar-refractivity contribution is 1.26. The predicted molar refractivity (Wildman–Crippen MR) is 95.7 cm³/mol. The van der Waals surface area contributed by atoms with Crippen LogP contribution < -0.4 is 5.73 Å². The van der Waals surface area contributed by atoms with Crippen LogP contribution in [0.15, 0.2) is 63.3 Å². The largest absolute Gasteiger partial charge is 0.399 e. The van der Waals surface area contributed by atoms with E-state index in [-0.39, 0.29) is 0 Å². The van der Waals surface area contributed by atoms with Crippen molar-refractivity contribution in [1.82, 2.24) is 4.98 Å². The Hall–Kier alpha value is -1.30. The van der Waals surface area contributed by atoms with Crippen LogP contribution in [0.3, 0.4) is 0 Å². The van der Waals surface area contributed by atoms with E-state index < -0.39 is 0 Å². The second kappa shape index (κ2) is 6.64. The number of aromatic nitrogens is 1. The molecule has 0 spiro atoms. The highest BCUT2D eigenvalue weighted by molar-refractivity contribution is 9.10.